The number of aryl methyl sites for hydroxylation is 1. The van der Waals surface area contributed by atoms with Gasteiger partial charge in [-0.2, -0.15) is 5.10 Å². The fraction of sp³-hybridized carbons (Fsp3) is 0.692. The number of H-pyrrole nitrogens is 1. The quantitative estimate of drug-likeness (QED) is 0.659. The Hall–Kier alpha value is -1.40. The molecule has 1 aromatic rings. The first kappa shape index (κ1) is 14.0. The third-order valence-electron chi connectivity index (χ3n) is 3.32. The number of carbonyl (C=O) groups is 1. The average Bonchev–Trinajstić information content (AvgIpc) is 2.86. The Balaban J connectivity index is 1.56. The standard InChI is InChI=1S/C13H22N4O2/c1-10-12(9-16-17-10)13(18)15-5-2-8-19-11-3-6-14-7-4-11/h9,11,14H,2-8H2,1H3,(H,15,18)(H,16,17). The first-order valence-electron chi connectivity index (χ1n) is 6.88. The van der Waals surface area contributed by atoms with Crippen molar-refractivity contribution in [2.75, 3.05) is 26.2 Å². The lowest BCUT2D eigenvalue weighted by Crippen LogP contribution is -2.33. The highest BCUT2D eigenvalue weighted by Gasteiger charge is 2.13. The van der Waals surface area contributed by atoms with Crippen LogP contribution in [0.3, 0.4) is 0 Å². The van der Waals surface area contributed by atoms with Gasteiger partial charge in [0, 0.05) is 18.8 Å². The predicted molar refractivity (Wildman–Crippen MR) is 72.1 cm³/mol. The number of piperidine rings is 1. The molecule has 0 spiro atoms. The molecule has 1 aliphatic rings. The molecule has 0 radical (unpaired) electrons. The summed E-state index contributed by atoms with van der Waals surface area (Å²) in [6.45, 7) is 5.26. The van der Waals surface area contributed by atoms with E-state index in [2.05, 4.69) is 20.8 Å². The molecule has 1 aromatic heterocycles. The summed E-state index contributed by atoms with van der Waals surface area (Å²) >= 11 is 0. The second-order valence-electron chi connectivity index (χ2n) is 4.84. The number of nitrogens with zero attached hydrogens (tertiary/aromatic N) is 1. The topological polar surface area (TPSA) is 79.0 Å². The molecule has 0 unspecified atom stereocenters. The third-order valence-corrected chi connectivity index (χ3v) is 3.32. The molecular formula is C13H22N4O2. The van der Waals surface area contributed by atoms with E-state index >= 15 is 0 Å². The maximum Gasteiger partial charge on any atom is 0.254 e. The van der Waals surface area contributed by atoms with Crippen LogP contribution in [-0.4, -0.2) is 48.4 Å². The van der Waals surface area contributed by atoms with Crippen molar-refractivity contribution in [3.8, 4) is 0 Å². The Kier molecular flexibility index (Phi) is 5.35. The summed E-state index contributed by atoms with van der Waals surface area (Å²) in [5, 5.41) is 12.8. The molecule has 0 atom stereocenters. The van der Waals surface area contributed by atoms with E-state index in [0.717, 1.165) is 38.0 Å². The van der Waals surface area contributed by atoms with Gasteiger partial charge in [0.15, 0.2) is 0 Å². The molecule has 2 rings (SSSR count). The molecular weight excluding hydrogens is 244 g/mol. The first-order valence-corrected chi connectivity index (χ1v) is 6.88. The summed E-state index contributed by atoms with van der Waals surface area (Å²) < 4.78 is 5.77. The second-order valence-corrected chi connectivity index (χ2v) is 4.84. The summed E-state index contributed by atoms with van der Waals surface area (Å²) in [6, 6.07) is 0. The lowest BCUT2D eigenvalue weighted by atomic mass is 10.1. The minimum Gasteiger partial charge on any atom is -0.378 e. The van der Waals surface area contributed by atoms with Crippen LogP contribution in [0.5, 0.6) is 0 Å². The summed E-state index contributed by atoms with van der Waals surface area (Å²) in [5.74, 6) is -0.0758. The van der Waals surface area contributed by atoms with E-state index in [1.807, 2.05) is 6.92 Å². The van der Waals surface area contributed by atoms with Crippen molar-refractivity contribution in [1.82, 2.24) is 20.8 Å². The van der Waals surface area contributed by atoms with Gasteiger partial charge in [-0.3, -0.25) is 9.89 Å². The summed E-state index contributed by atoms with van der Waals surface area (Å²) in [7, 11) is 0. The van der Waals surface area contributed by atoms with Crippen LogP contribution in [0, 0.1) is 6.92 Å². The van der Waals surface area contributed by atoms with E-state index in [1.54, 1.807) is 6.20 Å². The van der Waals surface area contributed by atoms with Crippen molar-refractivity contribution >= 4 is 5.91 Å². The van der Waals surface area contributed by atoms with E-state index < -0.39 is 0 Å². The van der Waals surface area contributed by atoms with Crippen LogP contribution in [0.2, 0.25) is 0 Å². The Bertz CT molecular complexity index is 399. The third kappa shape index (κ3) is 4.33. The van der Waals surface area contributed by atoms with Gasteiger partial charge in [-0.15, -0.1) is 0 Å². The van der Waals surface area contributed by atoms with Crippen LogP contribution in [-0.2, 0) is 4.74 Å². The molecule has 19 heavy (non-hydrogen) atoms. The summed E-state index contributed by atoms with van der Waals surface area (Å²) in [6.07, 6.45) is 4.94. The monoisotopic (exact) mass is 266 g/mol. The molecule has 3 N–H and O–H groups in total. The highest BCUT2D eigenvalue weighted by molar-refractivity contribution is 5.94. The maximum atomic E-state index is 11.8. The van der Waals surface area contributed by atoms with Crippen molar-refractivity contribution in [2.24, 2.45) is 0 Å². The highest BCUT2D eigenvalue weighted by Crippen LogP contribution is 2.07. The normalized spacial score (nSPS) is 16.5. The van der Waals surface area contributed by atoms with Gasteiger partial charge in [-0.1, -0.05) is 0 Å². The van der Waals surface area contributed by atoms with E-state index in [-0.39, 0.29) is 5.91 Å². The van der Waals surface area contributed by atoms with E-state index in [9.17, 15) is 4.79 Å². The molecule has 0 aromatic carbocycles. The van der Waals surface area contributed by atoms with Crippen LogP contribution in [0.4, 0.5) is 0 Å². The fourth-order valence-corrected chi connectivity index (χ4v) is 2.16. The average molecular weight is 266 g/mol. The number of hydrogen-bond acceptors (Lipinski definition) is 4. The molecule has 6 heteroatoms. The van der Waals surface area contributed by atoms with Gasteiger partial charge in [-0.05, 0) is 39.3 Å². The molecule has 6 nitrogen and oxygen atoms in total. The molecule has 1 amide bonds. The minimum absolute atomic E-state index is 0.0758. The zero-order valence-electron chi connectivity index (χ0n) is 11.4. The van der Waals surface area contributed by atoms with E-state index in [4.69, 9.17) is 4.74 Å². The van der Waals surface area contributed by atoms with Crippen molar-refractivity contribution < 1.29 is 9.53 Å². The van der Waals surface area contributed by atoms with Gasteiger partial charge in [0.05, 0.1) is 17.9 Å². The van der Waals surface area contributed by atoms with Gasteiger partial charge in [0.1, 0.15) is 0 Å². The van der Waals surface area contributed by atoms with Crippen LogP contribution < -0.4 is 10.6 Å². The Morgan fingerprint density at radius 2 is 2.32 bits per heavy atom. The Morgan fingerprint density at radius 3 is 3.00 bits per heavy atom. The van der Waals surface area contributed by atoms with Crippen molar-refractivity contribution in [3.63, 3.8) is 0 Å². The van der Waals surface area contributed by atoms with Crippen LogP contribution in [0.15, 0.2) is 6.20 Å². The van der Waals surface area contributed by atoms with Gasteiger partial charge >= 0.3 is 0 Å². The Morgan fingerprint density at radius 1 is 1.53 bits per heavy atom. The second kappa shape index (κ2) is 7.25. The van der Waals surface area contributed by atoms with Crippen molar-refractivity contribution in [1.29, 1.82) is 0 Å². The lowest BCUT2D eigenvalue weighted by molar-refractivity contribution is 0.0318. The minimum atomic E-state index is -0.0758. The summed E-state index contributed by atoms with van der Waals surface area (Å²) in [5.41, 5.74) is 1.41. The largest absolute Gasteiger partial charge is 0.378 e. The maximum absolute atomic E-state index is 11.8. The smallest absolute Gasteiger partial charge is 0.254 e. The SMILES string of the molecule is Cc1[nH]ncc1C(=O)NCCCOC1CCNCC1. The number of hydrogen-bond donors (Lipinski definition) is 3. The number of nitrogens with one attached hydrogen (secondary N) is 3. The van der Waals surface area contributed by atoms with Gasteiger partial charge in [0.25, 0.3) is 5.91 Å². The van der Waals surface area contributed by atoms with Gasteiger partial charge < -0.3 is 15.4 Å². The highest BCUT2D eigenvalue weighted by atomic mass is 16.5. The van der Waals surface area contributed by atoms with Gasteiger partial charge in [-0.25, -0.2) is 0 Å². The molecule has 2 heterocycles. The number of carbonyl (C=O) groups excluding carboxylic acids is 1. The zero-order chi connectivity index (χ0) is 13.5. The van der Waals surface area contributed by atoms with Crippen molar-refractivity contribution in [2.45, 2.75) is 32.3 Å². The molecule has 0 aliphatic carbocycles. The number of amides is 1. The predicted octanol–water partition coefficient (Wildman–Crippen LogP) is 0.607. The van der Waals surface area contributed by atoms with Gasteiger partial charge in [0.2, 0.25) is 0 Å². The van der Waals surface area contributed by atoms with Crippen LogP contribution in [0.25, 0.3) is 0 Å². The summed E-state index contributed by atoms with van der Waals surface area (Å²) in [4.78, 5) is 11.8. The fourth-order valence-electron chi connectivity index (χ4n) is 2.16. The number of ether oxygens (including phenoxy) is 1. The van der Waals surface area contributed by atoms with E-state index in [1.165, 1.54) is 0 Å². The van der Waals surface area contributed by atoms with E-state index in [0.29, 0.717) is 24.8 Å². The molecule has 106 valence electrons. The Labute approximate surface area is 113 Å². The lowest BCUT2D eigenvalue weighted by Gasteiger charge is -2.22. The molecule has 0 saturated carbocycles. The zero-order valence-corrected chi connectivity index (χ0v) is 11.4. The molecule has 1 fully saturated rings. The number of rotatable bonds is 6. The molecule has 1 aliphatic heterocycles. The number of aromatic nitrogens is 2. The first-order chi connectivity index (χ1) is 9.27. The van der Waals surface area contributed by atoms with Crippen LogP contribution >= 0.6 is 0 Å². The number of aromatic amines is 1. The van der Waals surface area contributed by atoms with Crippen molar-refractivity contribution in [3.05, 3.63) is 17.5 Å². The molecule has 1 saturated heterocycles. The molecule has 0 bridgehead atoms. The van der Waals surface area contributed by atoms with Crippen LogP contribution in [0.1, 0.15) is 35.3 Å².